The number of nitrogens with zero attached hydrogens (tertiary/aromatic N) is 1. The summed E-state index contributed by atoms with van der Waals surface area (Å²) in [5.74, 6) is 2.51. The second kappa shape index (κ2) is 5.41. The Morgan fingerprint density at radius 3 is 2.40 bits per heavy atom. The van der Waals surface area contributed by atoms with E-state index in [0.29, 0.717) is 6.04 Å². The van der Waals surface area contributed by atoms with Crippen LogP contribution in [0.4, 0.5) is 0 Å². The zero-order chi connectivity index (χ0) is 10.7. The Bertz CT molecular complexity index is 219. The van der Waals surface area contributed by atoms with Crippen LogP contribution in [0.15, 0.2) is 0 Å². The van der Waals surface area contributed by atoms with Gasteiger partial charge in [-0.1, -0.05) is 12.8 Å². The van der Waals surface area contributed by atoms with Gasteiger partial charge in [-0.25, -0.2) is 0 Å². The van der Waals surface area contributed by atoms with Gasteiger partial charge in [-0.05, 0) is 18.8 Å². The molecule has 1 atom stereocenters. The van der Waals surface area contributed by atoms with Crippen LogP contribution in [0.5, 0.6) is 0 Å². The molecule has 2 rings (SSSR count). The summed E-state index contributed by atoms with van der Waals surface area (Å²) in [6.07, 6.45) is 5.45. The van der Waals surface area contributed by atoms with Crippen molar-refractivity contribution in [1.82, 2.24) is 4.90 Å². The van der Waals surface area contributed by atoms with Crippen molar-refractivity contribution in [1.29, 1.82) is 0 Å². The van der Waals surface area contributed by atoms with Crippen LogP contribution in [0.25, 0.3) is 0 Å². The van der Waals surface area contributed by atoms with Gasteiger partial charge in [-0.15, -0.1) is 0 Å². The van der Waals surface area contributed by atoms with E-state index < -0.39 is 10.8 Å². The minimum atomic E-state index is -0.563. The lowest BCUT2D eigenvalue weighted by atomic mass is 9.96. The minimum absolute atomic E-state index is 0.560. The number of nitrogens with two attached hydrogens (primary N) is 1. The van der Waals surface area contributed by atoms with E-state index in [2.05, 4.69) is 4.90 Å². The zero-order valence-electron chi connectivity index (χ0n) is 9.36. The van der Waals surface area contributed by atoms with Crippen LogP contribution >= 0.6 is 0 Å². The maximum Gasteiger partial charge on any atom is 0.0363 e. The third kappa shape index (κ3) is 2.80. The van der Waals surface area contributed by atoms with Gasteiger partial charge in [0.1, 0.15) is 0 Å². The van der Waals surface area contributed by atoms with Gasteiger partial charge in [0, 0.05) is 48.0 Å². The topological polar surface area (TPSA) is 46.3 Å². The normalized spacial score (nSPS) is 28.3. The van der Waals surface area contributed by atoms with E-state index in [1.807, 2.05) is 0 Å². The van der Waals surface area contributed by atoms with Crippen molar-refractivity contribution in [3.63, 3.8) is 0 Å². The number of hydrogen-bond acceptors (Lipinski definition) is 3. The SMILES string of the molecule is NCC(C1CCCC1)N1CCS(=O)CC1. The second-order valence-electron chi connectivity index (χ2n) is 4.73. The van der Waals surface area contributed by atoms with Gasteiger partial charge in [0.25, 0.3) is 0 Å². The fourth-order valence-corrected chi connectivity index (χ4v) is 4.05. The summed E-state index contributed by atoms with van der Waals surface area (Å²) in [5.41, 5.74) is 5.90. The van der Waals surface area contributed by atoms with Crippen molar-refractivity contribution < 1.29 is 4.21 Å². The molecule has 0 aromatic heterocycles. The molecule has 4 heteroatoms. The van der Waals surface area contributed by atoms with E-state index in [1.165, 1.54) is 25.7 Å². The molecule has 2 fully saturated rings. The standard InChI is InChI=1S/C11H22N2OS/c12-9-11(10-3-1-2-4-10)13-5-7-15(14)8-6-13/h10-11H,1-9,12H2. The third-order valence-electron chi connectivity index (χ3n) is 3.87. The summed E-state index contributed by atoms with van der Waals surface area (Å²) in [6, 6.07) is 0.560. The molecule has 2 N–H and O–H groups in total. The largest absolute Gasteiger partial charge is 0.329 e. The quantitative estimate of drug-likeness (QED) is 0.771. The van der Waals surface area contributed by atoms with Gasteiger partial charge in [0.05, 0.1) is 0 Å². The molecule has 3 nitrogen and oxygen atoms in total. The lowest BCUT2D eigenvalue weighted by Crippen LogP contribution is -2.50. The average molecular weight is 230 g/mol. The molecule has 0 aromatic rings. The highest BCUT2D eigenvalue weighted by atomic mass is 32.2. The van der Waals surface area contributed by atoms with Crippen molar-refractivity contribution in [2.75, 3.05) is 31.1 Å². The number of rotatable bonds is 3. The first-order chi connectivity index (χ1) is 7.31. The molecule has 1 heterocycles. The maximum absolute atomic E-state index is 11.3. The molecule has 0 bridgehead atoms. The second-order valence-corrected chi connectivity index (χ2v) is 6.43. The zero-order valence-corrected chi connectivity index (χ0v) is 10.2. The highest BCUT2D eigenvalue weighted by Crippen LogP contribution is 2.30. The molecule has 1 unspecified atom stereocenters. The monoisotopic (exact) mass is 230 g/mol. The Balaban J connectivity index is 1.90. The van der Waals surface area contributed by atoms with Crippen LogP contribution in [0.3, 0.4) is 0 Å². The Hall–Kier alpha value is 0.0700. The van der Waals surface area contributed by atoms with Gasteiger partial charge >= 0.3 is 0 Å². The fraction of sp³-hybridized carbons (Fsp3) is 1.00. The van der Waals surface area contributed by atoms with Crippen LogP contribution in [-0.4, -0.2) is 46.3 Å². The first-order valence-electron chi connectivity index (χ1n) is 6.10. The fourth-order valence-electron chi connectivity index (χ4n) is 2.97. The first kappa shape index (κ1) is 11.6. The Morgan fingerprint density at radius 1 is 1.27 bits per heavy atom. The van der Waals surface area contributed by atoms with Crippen LogP contribution in [0.2, 0.25) is 0 Å². The average Bonchev–Trinajstić information content (AvgIpc) is 2.75. The Morgan fingerprint density at radius 2 is 1.87 bits per heavy atom. The summed E-state index contributed by atoms with van der Waals surface area (Å²) in [5, 5.41) is 0. The summed E-state index contributed by atoms with van der Waals surface area (Å²) in [4.78, 5) is 2.48. The van der Waals surface area contributed by atoms with Crippen LogP contribution in [0.1, 0.15) is 25.7 Å². The molecule has 1 saturated heterocycles. The van der Waals surface area contributed by atoms with Gasteiger partial charge in [0.2, 0.25) is 0 Å². The molecule has 88 valence electrons. The van der Waals surface area contributed by atoms with Crippen LogP contribution in [-0.2, 0) is 10.8 Å². The highest BCUT2D eigenvalue weighted by Gasteiger charge is 2.30. The maximum atomic E-state index is 11.3. The Labute approximate surface area is 94.9 Å². The predicted octanol–water partition coefficient (Wildman–Crippen LogP) is 0.568. The molecule has 1 aliphatic heterocycles. The van der Waals surface area contributed by atoms with E-state index in [1.54, 1.807) is 0 Å². The van der Waals surface area contributed by atoms with E-state index in [-0.39, 0.29) is 0 Å². The third-order valence-corrected chi connectivity index (χ3v) is 5.14. The predicted molar refractivity (Wildman–Crippen MR) is 64.2 cm³/mol. The molecule has 1 saturated carbocycles. The number of hydrogen-bond donors (Lipinski definition) is 1. The van der Waals surface area contributed by atoms with Crippen molar-refractivity contribution in [2.45, 2.75) is 31.7 Å². The van der Waals surface area contributed by atoms with Crippen molar-refractivity contribution in [3.8, 4) is 0 Å². The van der Waals surface area contributed by atoms with Gasteiger partial charge < -0.3 is 5.73 Å². The van der Waals surface area contributed by atoms with Crippen LogP contribution in [0, 0.1) is 5.92 Å². The molecule has 2 aliphatic rings. The lowest BCUT2D eigenvalue weighted by Gasteiger charge is -2.37. The molecular weight excluding hydrogens is 208 g/mol. The van der Waals surface area contributed by atoms with Crippen molar-refractivity contribution in [3.05, 3.63) is 0 Å². The molecule has 1 aliphatic carbocycles. The molecular formula is C11H22N2OS. The summed E-state index contributed by atoms with van der Waals surface area (Å²) >= 11 is 0. The van der Waals surface area contributed by atoms with Crippen molar-refractivity contribution in [2.24, 2.45) is 11.7 Å². The molecule has 0 amide bonds. The summed E-state index contributed by atoms with van der Waals surface area (Å²) < 4.78 is 11.3. The lowest BCUT2D eigenvalue weighted by molar-refractivity contribution is 0.160. The molecule has 0 radical (unpaired) electrons. The highest BCUT2D eigenvalue weighted by molar-refractivity contribution is 7.85. The smallest absolute Gasteiger partial charge is 0.0363 e. The van der Waals surface area contributed by atoms with E-state index in [0.717, 1.165) is 37.1 Å². The molecule has 0 spiro atoms. The van der Waals surface area contributed by atoms with E-state index in [4.69, 9.17) is 5.73 Å². The van der Waals surface area contributed by atoms with Gasteiger partial charge in [0.15, 0.2) is 0 Å². The van der Waals surface area contributed by atoms with Gasteiger partial charge in [-0.2, -0.15) is 0 Å². The first-order valence-corrected chi connectivity index (χ1v) is 7.59. The molecule has 15 heavy (non-hydrogen) atoms. The summed E-state index contributed by atoms with van der Waals surface area (Å²) in [7, 11) is -0.563. The Kier molecular flexibility index (Phi) is 4.17. The van der Waals surface area contributed by atoms with Crippen LogP contribution < -0.4 is 5.73 Å². The minimum Gasteiger partial charge on any atom is -0.329 e. The summed E-state index contributed by atoms with van der Waals surface area (Å²) in [6.45, 7) is 2.76. The van der Waals surface area contributed by atoms with Crippen molar-refractivity contribution >= 4 is 10.8 Å². The van der Waals surface area contributed by atoms with E-state index in [9.17, 15) is 4.21 Å². The van der Waals surface area contributed by atoms with Gasteiger partial charge in [-0.3, -0.25) is 9.11 Å². The van der Waals surface area contributed by atoms with E-state index >= 15 is 0 Å². The molecule has 0 aromatic carbocycles.